The van der Waals surface area contributed by atoms with E-state index < -0.39 is 6.04 Å². The number of carbonyl (C=O) groups is 1. The maximum absolute atomic E-state index is 11.9. The van der Waals surface area contributed by atoms with Gasteiger partial charge in [-0.15, -0.1) is 0 Å². The number of ether oxygens (including phenoxy) is 1. The lowest BCUT2D eigenvalue weighted by Crippen LogP contribution is -2.42. The van der Waals surface area contributed by atoms with Crippen LogP contribution in [0.15, 0.2) is 12.1 Å². The molecule has 0 heterocycles. The summed E-state index contributed by atoms with van der Waals surface area (Å²) in [5.74, 6) is 0.573. The molecule has 1 aromatic carbocycles. The molecule has 100 valence electrons. The summed E-state index contributed by atoms with van der Waals surface area (Å²) in [5.41, 5.74) is 11.3. The molecule has 1 amide bonds. The van der Waals surface area contributed by atoms with Gasteiger partial charge >= 0.3 is 0 Å². The van der Waals surface area contributed by atoms with E-state index in [1.165, 1.54) is 0 Å². The average Bonchev–Trinajstić information content (AvgIpc) is 2.29. The molecule has 5 nitrogen and oxygen atoms in total. The van der Waals surface area contributed by atoms with Crippen LogP contribution in [-0.4, -0.2) is 32.1 Å². The molecule has 1 atom stereocenters. The lowest BCUT2D eigenvalue weighted by atomic mass is 9.98. The molecule has 0 aromatic heterocycles. The van der Waals surface area contributed by atoms with E-state index in [0.717, 1.165) is 22.4 Å². The summed E-state index contributed by atoms with van der Waals surface area (Å²) in [6, 6.07) is 3.11. The van der Waals surface area contributed by atoms with Crippen molar-refractivity contribution in [2.75, 3.05) is 21.2 Å². The molecule has 5 heteroatoms. The highest BCUT2D eigenvalue weighted by molar-refractivity contribution is 5.83. The summed E-state index contributed by atoms with van der Waals surface area (Å²) in [6.45, 7) is 3.85. The van der Waals surface area contributed by atoms with Gasteiger partial charge in [-0.25, -0.2) is 5.01 Å². The maximum atomic E-state index is 11.9. The fourth-order valence-electron chi connectivity index (χ4n) is 1.80. The predicted molar refractivity (Wildman–Crippen MR) is 71.2 cm³/mol. The van der Waals surface area contributed by atoms with E-state index >= 15 is 0 Å². The van der Waals surface area contributed by atoms with Gasteiger partial charge < -0.3 is 10.5 Å². The number of hydrogen-bond donors (Lipinski definition) is 2. The first-order chi connectivity index (χ1) is 8.36. The van der Waals surface area contributed by atoms with Crippen molar-refractivity contribution in [3.05, 3.63) is 28.8 Å². The molecule has 0 radical (unpaired) electrons. The molecule has 0 spiro atoms. The van der Waals surface area contributed by atoms with Crippen LogP contribution in [0.5, 0.6) is 5.75 Å². The van der Waals surface area contributed by atoms with Gasteiger partial charge in [-0.2, -0.15) is 0 Å². The second-order valence-corrected chi connectivity index (χ2v) is 4.53. The van der Waals surface area contributed by atoms with E-state index in [4.69, 9.17) is 10.5 Å². The van der Waals surface area contributed by atoms with Gasteiger partial charge in [-0.05, 0) is 36.6 Å². The Morgan fingerprint density at radius 1 is 1.33 bits per heavy atom. The maximum Gasteiger partial charge on any atom is 0.255 e. The van der Waals surface area contributed by atoms with Crippen LogP contribution in [0.2, 0.25) is 0 Å². The normalized spacial score (nSPS) is 12.4. The Kier molecular flexibility index (Phi) is 4.69. The Bertz CT molecular complexity index is 444. The van der Waals surface area contributed by atoms with E-state index in [-0.39, 0.29) is 5.91 Å². The van der Waals surface area contributed by atoms with Gasteiger partial charge in [0.2, 0.25) is 0 Å². The number of aryl methyl sites for hydroxylation is 2. The molecule has 1 unspecified atom stereocenters. The summed E-state index contributed by atoms with van der Waals surface area (Å²) in [4.78, 5) is 11.9. The Labute approximate surface area is 108 Å². The molecular weight excluding hydrogens is 230 g/mol. The van der Waals surface area contributed by atoms with Gasteiger partial charge in [0.05, 0.1) is 7.11 Å². The summed E-state index contributed by atoms with van der Waals surface area (Å²) < 4.78 is 5.24. The zero-order valence-corrected chi connectivity index (χ0v) is 11.6. The number of amides is 1. The average molecular weight is 251 g/mol. The largest absolute Gasteiger partial charge is 0.496 e. The molecule has 18 heavy (non-hydrogen) atoms. The van der Waals surface area contributed by atoms with Crippen LogP contribution in [0.4, 0.5) is 0 Å². The monoisotopic (exact) mass is 251 g/mol. The summed E-state index contributed by atoms with van der Waals surface area (Å²) >= 11 is 0. The molecule has 0 aliphatic heterocycles. The lowest BCUT2D eigenvalue weighted by Gasteiger charge is -2.19. The van der Waals surface area contributed by atoms with E-state index in [1.807, 2.05) is 26.0 Å². The van der Waals surface area contributed by atoms with Gasteiger partial charge in [-0.3, -0.25) is 10.2 Å². The number of nitrogens with one attached hydrogen (secondary N) is 1. The van der Waals surface area contributed by atoms with Gasteiger partial charge in [0.1, 0.15) is 11.8 Å². The topological polar surface area (TPSA) is 67.6 Å². The quantitative estimate of drug-likeness (QED) is 0.780. The minimum atomic E-state index is -0.683. The van der Waals surface area contributed by atoms with Crippen molar-refractivity contribution in [1.82, 2.24) is 10.4 Å². The molecule has 0 aliphatic rings. The van der Waals surface area contributed by atoms with Crippen molar-refractivity contribution < 1.29 is 9.53 Å². The van der Waals surface area contributed by atoms with Gasteiger partial charge in [0.25, 0.3) is 5.91 Å². The van der Waals surface area contributed by atoms with Crippen molar-refractivity contribution in [1.29, 1.82) is 0 Å². The Morgan fingerprint density at radius 2 is 1.94 bits per heavy atom. The fourth-order valence-corrected chi connectivity index (χ4v) is 1.80. The third-order valence-electron chi connectivity index (χ3n) is 2.73. The second kappa shape index (κ2) is 5.84. The first kappa shape index (κ1) is 14.5. The first-order valence-corrected chi connectivity index (χ1v) is 5.75. The van der Waals surface area contributed by atoms with Crippen molar-refractivity contribution in [3.63, 3.8) is 0 Å². The lowest BCUT2D eigenvalue weighted by molar-refractivity contribution is -0.126. The Hall–Kier alpha value is -1.59. The fraction of sp³-hybridized carbons (Fsp3) is 0.462. The SMILES string of the molecule is COc1cc(C)c(C(N)C(=O)NN(C)C)cc1C. The highest BCUT2D eigenvalue weighted by Gasteiger charge is 2.19. The van der Waals surface area contributed by atoms with Crippen LogP contribution in [-0.2, 0) is 4.79 Å². The zero-order valence-electron chi connectivity index (χ0n) is 11.6. The van der Waals surface area contributed by atoms with E-state index in [1.54, 1.807) is 26.2 Å². The summed E-state index contributed by atoms with van der Waals surface area (Å²) in [5, 5.41) is 1.58. The predicted octanol–water partition coefficient (Wildman–Crippen LogP) is 0.905. The molecular formula is C13H21N3O2. The number of benzene rings is 1. The number of nitrogens with two attached hydrogens (primary N) is 1. The molecule has 1 rings (SSSR count). The van der Waals surface area contributed by atoms with Crippen LogP contribution in [0.25, 0.3) is 0 Å². The van der Waals surface area contributed by atoms with Crippen molar-refractivity contribution in [3.8, 4) is 5.75 Å². The third-order valence-corrected chi connectivity index (χ3v) is 2.73. The van der Waals surface area contributed by atoms with E-state index in [9.17, 15) is 4.79 Å². The van der Waals surface area contributed by atoms with E-state index in [0.29, 0.717) is 0 Å². The van der Waals surface area contributed by atoms with Crippen LogP contribution in [0.1, 0.15) is 22.7 Å². The van der Waals surface area contributed by atoms with Crippen LogP contribution < -0.4 is 15.9 Å². The number of hydrazine groups is 1. The molecule has 0 fully saturated rings. The standard InChI is InChI=1S/C13H21N3O2/c1-8-7-11(18-5)9(2)6-10(8)12(14)13(17)15-16(3)4/h6-7,12H,14H2,1-5H3,(H,15,17). The van der Waals surface area contributed by atoms with E-state index in [2.05, 4.69) is 5.43 Å². The zero-order chi connectivity index (χ0) is 13.9. The molecule has 0 aliphatic carbocycles. The Balaban J connectivity index is 3.02. The van der Waals surface area contributed by atoms with Gasteiger partial charge in [-0.1, -0.05) is 6.07 Å². The minimum Gasteiger partial charge on any atom is -0.496 e. The highest BCUT2D eigenvalue weighted by Crippen LogP contribution is 2.25. The van der Waals surface area contributed by atoms with Crippen molar-refractivity contribution >= 4 is 5.91 Å². The number of nitrogens with zero attached hydrogens (tertiary/aromatic N) is 1. The van der Waals surface area contributed by atoms with Gasteiger partial charge in [0, 0.05) is 14.1 Å². The number of carbonyl (C=O) groups excluding carboxylic acids is 1. The van der Waals surface area contributed by atoms with Gasteiger partial charge in [0.15, 0.2) is 0 Å². The molecule has 1 aromatic rings. The van der Waals surface area contributed by atoms with Crippen LogP contribution in [0, 0.1) is 13.8 Å². The molecule has 3 N–H and O–H groups in total. The summed E-state index contributed by atoms with van der Waals surface area (Å²) in [7, 11) is 5.12. The van der Waals surface area contributed by atoms with Crippen molar-refractivity contribution in [2.45, 2.75) is 19.9 Å². The number of hydrogen-bond acceptors (Lipinski definition) is 4. The Morgan fingerprint density at radius 3 is 2.44 bits per heavy atom. The summed E-state index contributed by atoms with van der Waals surface area (Å²) in [6.07, 6.45) is 0. The smallest absolute Gasteiger partial charge is 0.255 e. The van der Waals surface area contributed by atoms with Crippen molar-refractivity contribution in [2.24, 2.45) is 5.73 Å². The van der Waals surface area contributed by atoms with Crippen LogP contribution in [0.3, 0.4) is 0 Å². The minimum absolute atomic E-state index is 0.229. The highest BCUT2D eigenvalue weighted by atomic mass is 16.5. The second-order valence-electron chi connectivity index (χ2n) is 4.53. The molecule has 0 bridgehead atoms. The molecule has 0 saturated heterocycles. The first-order valence-electron chi connectivity index (χ1n) is 5.75. The molecule has 0 saturated carbocycles. The third kappa shape index (κ3) is 3.21. The number of rotatable bonds is 4. The number of methoxy groups -OCH3 is 1. The van der Waals surface area contributed by atoms with Crippen LogP contribution >= 0.6 is 0 Å².